The molecule has 1 saturated heterocycles. The van der Waals surface area contributed by atoms with Gasteiger partial charge in [-0.05, 0) is 62.2 Å². The third-order valence-electron chi connectivity index (χ3n) is 5.20. The van der Waals surface area contributed by atoms with Gasteiger partial charge in [0.05, 0.1) is 11.6 Å². The molecule has 0 saturated carbocycles. The number of carbonyl (C=O) groups excluding carboxylic acids is 1. The molecule has 1 aromatic carbocycles. The monoisotopic (exact) mass is 372 g/mol. The molecule has 144 valence electrons. The van der Waals surface area contributed by atoms with E-state index in [1.165, 1.54) is 18.4 Å². The quantitative estimate of drug-likeness (QED) is 0.476. The fourth-order valence-electron chi connectivity index (χ4n) is 3.68. The van der Waals surface area contributed by atoms with Crippen LogP contribution >= 0.6 is 0 Å². The fourth-order valence-corrected chi connectivity index (χ4v) is 3.68. The summed E-state index contributed by atoms with van der Waals surface area (Å²) in [5.74, 6) is -0.277. The molecule has 6 nitrogen and oxygen atoms in total. The standard InChI is InChI=1S/C20H26FN5O/c1-13-2-4-15(21)10-19(13)26(17-6-8-24-9-7-17)20(27)25-16-5-3-14(12-22)18(23)11-16/h2-5,10-13,17,19,22,24H,6-9,23H2,1H3,(H,25,27)/p+1. The molecule has 7 heteroatoms. The topological polar surface area (TPSA) is 96.0 Å². The van der Waals surface area contributed by atoms with E-state index in [-0.39, 0.29) is 29.9 Å². The van der Waals surface area contributed by atoms with Crippen LogP contribution in [0.3, 0.4) is 0 Å². The Morgan fingerprint density at radius 2 is 2.15 bits per heavy atom. The van der Waals surface area contributed by atoms with Crippen LogP contribution in [0.15, 0.2) is 42.3 Å². The Morgan fingerprint density at radius 1 is 1.41 bits per heavy atom. The minimum Gasteiger partial charge on any atom is -0.398 e. The molecule has 3 rings (SSSR count). The fraction of sp³-hybridized carbons (Fsp3) is 0.400. The van der Waals surface area contributed by atoms with Crippen LogP contribution in [-0.4, -0.2) is 42.3 Å². The zero-order valence-electron chi connectivity index (χ0n) is 15.5. The van der Waals surface area contributed by atoms with Crippen molar-refractivity contribution in [1.82, 2.24) is 10.2 Å². The number of benzene rings is 1. The summed E-state index contributed by atoms with van der Waals surface area (Å²) in [6, 6.07) is 4.66. The number of rotatable bonds is 4. The summed E-state index contributed by atoms with van der Waals surface area (Å²) in [5, 5.41) is 11.7. The van der Waals surface area contributed by atoms with Crippen LogP contribution in [0, 0.1) is 5.92 Å². The highest BCUT2D eigenvalue weighted by Crippen LogP contribution is 2.28. The normalized spacial score (nSPS) is 22.8. The molecular weight excluding hydrogens is 345 g/mol. The Balaban J connectivity index is 1.85. The van der Waals surface area contributed by atoms with Crippen molar-refractivity contribution >= 4 is 23.6 Å². The van der Waals surface area contributed by atoms with Crippen LogP contribution in [0.4, 0.5) is 20.6 Å². The van der Waals surface area contributed by atoms with E-state index in [1.54, 1.807) is 23.1 Å². The maximum atomic E-state index is 13.9. The third-order valence-corrected chi connectivity index (χ3v) is 5.20. The van der Waals surface area contributed by atoms with E-state index in [4.69, 9.17) is 11.1 Å². The van der Waals surface area contributed by atoms with Gasteiger partial charge in [0.1, 0.15) is 5.83 Å². The number of amides is 2. The average Bonchev–Trinajstić information content (AvgIpc) is 2.66. The number of halogens is 1. The number of carbonyl (C=O) groups is 1. The lowest BCUT2D eigenvalue weighted by Crippen LogP contribution is -2.54. The molecule has 0 bridgehead atoms. The molecule has 2 unspecified atom stereocenters. The summed E-state index contributed by atoms with van der Waals surface area (Å²) >= 11 is 0. The highest BCUT2D eigenvalue weighted by Gasteiger charge is 2.34. The van der Waals surface area contributed by atoms with E-state index in [1.807, 2.05) is 13.0 Å². The van der Waals surface area contributed by atoms with E-state index in [0.29, 0.717) is 16.9 Å². The SMILES string of the molecule is CC1C=CC(F)=CC1N(C(=O)Nc1ccc(C=[NH2+])c(N)c1)C1CCNCC1. The molecule has 0 aromatic heterocycles. The van der Waals surface area contributed by atoms with Gasteiger partial charge in [0, 0.05) is 17.4 Å². The van der Waals surface area contributed by atoms with Crippen LogP contribution in [-0.2, 0) is 0 Å². The van der Waals surface area contributed by atoms with Gasteiger partial charge in [-0.15, -0.1) is 0 Å². The number of hydrogen-bond acceptors (Lipinski definition) is 3. The van der Waals surface area contributed by atoms with Gasteiger partial charge in [-0.3, -0.25) is 5.41 Å². The first-order valence-corrected chi connectivity index (χ1v) is 9.29. The maximum Gasteiger partial charge on any atom is 0.322 e. The van der Waals surface area contributed by atoms with Crippen LogP contribution < -0.4 is 21.8 Å². The number of nitrogens with two attached hydrogens (primary N) is 2. The molecule has 2 atom stereocenters. The van der Waals surface area contributed by atoms with E-state index >= 15 is 0 Å². The summed E-state index contributed by atoms with van der Waals surface area (Å²) in [6.45, 7) is 3.67. The molecule has 1 aliphatic carbocycles. The predicted octanol–water partition coefficient (Wildman–Crippen LogP) is 1.46. The second-order valence-electron chi connectivity index (χ2n) is 7.09. The number of nitrogens with one attached hydrogen (secondary N) is 2. The van der Waals surface area contributed by atoms with E-state index in [2.05, 4.69) is 10.6 Å². The van der Waals surface area contributed by atoms with E-state index in [9.17, 15) is 9.18 Å². The molecule has 1 heterocycles. The van der Waals surface area contributed by atoms with Crippen molar-refractivity contribution < 1.29 is 14.6 Å². The Bertz CT molecular complexity index is 770. The van der Waals surface area contributed by atoms with E-state index in [0.717, 1.165) is 25.9 Å². The Hall–Kier alpha value is -2.67. The van der Waals surface area contributed by atoms with Crippen molar-refractivity contribution in [2.75, 3.05) is 24.1 Å². The van der Waals surface area contributed by atoms with Gasteiger partial charge in [-0.1, -0.05) is 13.0 Å². The first kappa shape index (κ1) is 19.1. The first-order valence-electron chi connectivity index (χ1n) is 9.29. The van der Waals surface area contributed by atoms with Crippen molar-refractivity contribution in [3.63, 3.8) is 0 Å². The Kier molecular flexibility index (Phi) is 5.91. The average molecular weight is 372 g/mol. The highest BCUT2D eigenvalue weighted by molar-refractivity contribution is 5.92. The molecule has 1 fully saturated rings. The Labute approximate surface area is 158 Å². The molecule has 6 N–H and O–H groups in total. The van der Waals surface area contributed by atoms with Crippen molar-refractivity contribution in [3.8, 4) is 0 Å². The summed E-state index contributed by atoms with van der Waals surface area (Å²) in [7, 11) is 0. The van der Waals surface area contributed by atoms with Gasteiger partial charge < -0.3 is 21.3 Å². The van der Waals surface area contributed by atoms with Gasteiger partial charge in [-0.25, -0.2) is 9.18 Å². The third kappa shape index (κ3) is 4.36. The maximum absolute atomic E-state index is 13.9. The lowest BCUT2D eigenvalue weighted by Gasteiger charge is -2.41. The van der Waals surface area contributed by atoms with Crippen LogP contribution in [0.5, 0.6) is 0 Å². The number of urea groups is 1. The number of piperidine rings is 1. The van der Waals surface area contributed by atoms with Gasteiger partial charge in [0.25, 0.3) is 0 Å². The van der Waals surface area contributed by atoms with Crippen molar-refractivity contribution in [2.24, 2.45) is 5.92 Å². The Morgan fingerprint density at radius 3 is 2.81 bits per heavy atom. The molecule has 0 radical (unpaired) electrons. The number of anilines is 2. The number of nitrogens with zero attached hydrogens (tertiary/aromatic N) is 1. The number of hydrogen-bond donors (Lipinski definition) is 4. The summed E-state index contributed by atoms with van der Waals surface area (Å²) < 4.78 is 13.9. The van der Waals surface area contributed by atoms with E-state index < -0.39 is 0 Å². The van der Waals surface area contributed by atoms with Crippen LogP contribution in [0.1, 0.15) is 25.3 Å². The highest BCUT2D eigenvalue weighted by atomic mass is 19.1. The molecule has 1 aliphatic heterocycles. The first-order chi connectivity index (χ1) is 13.0. The summed E-state index contributed by atoms with van der Waals surface area (Å²) in [5.41, 5.74) is 7.74. The smallest absolute Gasteiger partial charge is 0.322 e. The van der Waals surface area contributed by atoms with Gasteiger partial charge in [0.2, 0.25) is 0 Å². The largest absolute Gasteiger partial charge is 0.398 e. The zero-order valence-corrected chi connectivity index (χ0v) is 15.5. The van der Waals surface area contributed by atoms with Crippen LogP contribution in [0.25, 0.3) is 0 Å². The second-order valence-corrected chi connectivity index (χ2v) is 7.09. The lowest BCUT2D eigenvalue weighted by molar-refractivity contribution is -0.104. The summed E-state index contributed by atoms with van der Waals surface area (Å²) in [4.78, 5) is 15.0. The predicted molar refractivity (Wildman–Crippen MR) is 106 cm³/mol. The zero-order chi connectivity index (χ0) is 19.4. The molecule has 1 aromatic rings. The minimum absolute atomic E-state index is 0.0319. The molecule has 2 aliphatic rings. The van der Waals surface area contributed by atoms with Crippen molar-refractivity contribution in [3.05, 3.63) is 47.8 Å². The molecular formula is C20H27FN5O+. The van der Waals surface area contributed by atoms with Gasteiger partial charge >= 0.3 is 6.03 Å². The van der Waals surface area contributed by atoms with Crippen molar-refractivity contribution in [1.29, 1.82) is 0 Å². The molecule has 2 amide bonds. The lowest BCUT2D eigenvalue weighted by atomic mass is 9.92. The van der Waals surface area contributed by atoms with Crippen molar-refractivity contribution in [2.45, 2.75) is 31.8 Å². The van der Waals surface area contributed by atoms with Gasteiger partial charge in [0.15, 0.2) is 6.21 Å². The number of nitrogen functional groups attached to an aromatic ring is 1. The second kappa shape index (κ2) is 8.35. The van der Waals surface area contributed by atoms with Crippen LogP contribution in [0.2, 0.25) is 0 Å². The van der Waals surface area contributed by atoms with Gasteiger partial charge in [-0.2, -0.15) is 0 Å². The summed E-state index contributed by atoms with van der Waals surface area (Å²) in [6.07, 6.45) is 7.89. The number of allylic oxidation sites excluding steroid dienone is 2. The molecule has 0 spiro atoms. The minimum atomic E-state index is -0.327. The molecule has 27 heavy (non-hydrogen) atoms.